The standard InChI is InChI=1S/C19H24BrN3O/c1-13(2)23(4)17-7-5-6-16(12-17)22-18(24)19(3,21)14-8-10-15(20)11-9-14/h5-13H,21H2,1-4H3,(H,22,24). The van der Waals surface area contributed by atoms with Crippen molar-refractivity contribution in [3.8, 4) is 0 Å². The quantitative estimate of drug-likeness (QED) is 0.808. The van der Waals surface area contributed by atoms with E-state index in [1.54, 1.807) is 6.92 Å². The summed E-state index contributed by atoms with van der Waals surface area (Å²) in [5, 5.41) is 2.93. The van der Waals surface area contributed by atoms with Gasteiger partial charge in [-0.3, -0.25) is 4.79 Å². The second-order valence-corrected chi connectivity index (χ2v) is 7.33. The highest BCUT2D eigenvalue weighted by Gasteiger charge is 2.30. The van der Waals surface area contributed by atoms with E-state index >= 15 is 0 Å². The van der Waals surface area contributed by atoms with Crippen LogP contribution in [0.25, 0.3) is 0 Å². The molecule has 0 aliphatic heterocycles. The molecule has 0 aliphatic carbocycles. The number of rotatable bonds is 5. The van der Waals surface area contributed by atoms with E-state index in [0.29, 0.717) is 6.04 Å². The summed E-state index contributed by atoms with van der Waals surface area (Å²) in [5.74, 6) is -0.242. The average Bonchev–Trinajstić information content (AvgIpc) is 2.54. The predicted octanol–water partition coefficient (Wildman–Crippen LogP) is 4.11. The van der Waals surface area contributed by atoms with Crippen molar-refractivity contribution in [2.24, 2.45) is 5.73 Å². The molecule has 0 radical (unpaired) electrons. The number of hydrogen-bond donors (Lipinski definition) is 2. The Hall–Kier alpha value is -1.85. The van der Waals surface area contributed by atoms with E-state index < -0.39 is 5.54 Å². The molecule has 2 aromatic rings. The van der Waals surface area contributed by atoms with Crippen molar-refractivity contribution in [2.75, 3.05) is 17.3 Å². The molecule has 0 bridgehead atoms. The number of nitrogens with one attached hydrogen (secondary N) is 1. The molecule has 0 heterocycles. The van der Waals surface area contributed by atoms with Crippen molar-refractivity contribution >= 4 is 33.2 Å². The summed E-state index contributed by atoms with van der Waals surface area (Å²) in [6.45, 7) is 5.96. The third-order valence-electron chi connectivity index (χ3n) is 4.20. The second-order valence-electron chi connectivity index (χ2n) is 6.42. The van der Waals surface area contributed by atoms with Crippen LogP contribution in [0.1, 0.15) is 26.3 Å². The Labute approximate surface area is 152 Å². The molecule has 5 heteroatoms. The van der Waals surface area contributed by atoms with Crippen LogP contribution in [0.5, 0.6) is 0 Å². The van der Waals surface area contributed by atoms with Gasteiger partial charge in [-0.25, -0.2) is 0 Å². The third kappa shape index (κ3) is 4.16. The molecule has 2 aromatic carbocycles. The van der Waals surface area contributed by atoms with Gasteiger partial charge in [0.15, 0.2) is 0 Å². The van der Waals surface area contributed by atoms with E-state index in [2.05, 4.69) is 40.0 Å². The van der Waals surface area contributed by atoms with Gasteiger partial charge in [0.25, 0.3) is 0 Å². The van der Waals surface area contributed by atoms with Crippen molar-refractivity contribution in [1.82, 2.24) is 0 Å². The number of nitrogens with zero attached hydrogens (tertiary/aromatic N) is 1. The summed E-state index contributed by atoms with van der Waals surface area (Å²) >= 11 is 3.39. The molecule has 0 spiro atoms. The number of halogens is 1. The molecule has 0 saturated heterocycles. The molecule has 4 nitrogen and oxygen atoms in total. The van der Waals surface area contributed by atoms with Crippen LogP contribution in [0, 0.1) is 0 Å². The van der Waals surface area contributed by atoms with E-state index in [4.69, 9.17) is 5.73 Å². The Morgan fingerprint density at radius 1 is 1.21 bits per heavy atom. The highest BCUT2D eigenvalue weighted by atomic mass is 79.9. The fourth-order valence-electron chi connectivity index (χ4n) is 2.29. The lowest BCUT2D eigenvalue weighted by Gasteiger charge is -2.26. The zero-order chi connectivity index (χ0) is 17.9. The Morgan fingerprint density at radius 2 is 1.83 bits per heavy atom. The molecule has 2 rings (SSSR count). The normalized spacial score (nSPS) is 13.5. The topological polar surface area (TPSA) is 58.4 Å². The summed E-state index contributed by atoms with van der Waals surface area (Å²) in [5.41, 5.74) is 7.72. The summed E-state index contributed by atoms with van der Waals surface area (Å²) in [6.07, 6.45) is 0. The molecule has 0 aromatic heterocycles. The molecule has 1 unspecified atom stereocenters. The molecule has 128 valence electrons. The first-order valence-electron chi connectivity index (χ1n) is 7.91. The summed E-state index contributed by atoms with van der Waals surface area (Å²) in [6, 6.07) is 15.6. The SMILES string of the molecule is CC(C)N(C)c1cccc(NC(=O)C(C)(N)c2ccc(Br)cc2)c1. The summed E-state index contributed by atoms with van der Waals surface area (Å²) in [7, 11) is 2.03. The third-order valence-corrected chi connectivity index (χ3v) is 4.73. The second kappa shape index (κ2) is 7.36. The highest BCUT2D eigenvalue weighted by molar-refractivity contribution is 9.10. The fraction of sp³-hybridized carbons (Fsp3) is 0.316. The summed E-state index contributed by atoms with van der Waals surface area (Å²) in [4.78, 5) is 14.8. The van der Waals surface area contributed by atoms with Gasteiger partial charge < -0.3 is 16.0 Å². The van der Waals surface area contributed by atoms with E-state index in [0.717, 1.165) is 21.4 Å². The molecule has 0 fully saturated rings. The van der Waals surface area contributed by atoms with Crippen LogP contribution in [-0.4, -0.2) is 19.0 Å². The van der Waals surface area contributed by atoms with Crippen LogP contribution in [0.4, 0.5) is 11.4 Å². The van der Waals surface area contributed by atoms with Crippen molar-refractivity contribution in [2.45, 2.75) is 32.4 Å². The van der Waals surface area contributed by atoms with Crippen LogP contribution in [-0.2, 0) is 10.3 Å². The minimum absolute atomic E-state index is 0.242. The minimum atomic E-state index is -1.11. The highest BCUT2D eigenvalue weighted by Crippen LogP contribution is 2.24. The van der Waals surface area contributed by atoms with E-state index in [1.165, 1.54) is 0 Å². The lowest BCUT2D eigenvalue weighted by atomic mass is 9.92. The molecular weight excluding hydrogens is 366 g/mol. The average molecular weight is 390 g/mol. The zero-order valence-corrected chi connectivity index (χ0v) is 16.1. The van der Waals surface area contributed by atoms with Gasteiger partial charge >= 0.3 is 0 Å². The first kappa shape index (κ1) is 18.5. The smallest absolute Gasteiger partial charge is 0.248 e. The number of amides is 1. The maximum Gasteiger partial charge on any atom is 0.248 e. The molecule has 0 saturated carbocycles. The van der Waals surface area contributed by atoms with E-state index in [-0.39, 0.29) is 5.91 Å². The van der Waals surface area contributed by atoms with Crippen LogP contribution in [0.15, 0.2) is 53.0 Å². The number of nitrogens with two attached hydrogens (primary N) is 1. The van der Waals surface area contributed by atoms with Crippen LogP contribution in [0.3, 0.4) is 0 Å². The molecule has 24 heavy (non-hydrogen) atoms. The molecule has 1 amide bonds. The zero-order valence-electron chi connectivity index (χ0n) is 14.5. The van der Waals surface area contributed by atoms with Crippen molar-refractivity contribution in [1.29, 1.82) is 0 Å². The van der Waals surface area contributed by atoms with Crippen LogP contribution in [0.2, 0.25) is 0 Å². The van der Waals surface area contributed by atoms with Crippen molar-refractivity contribution < 1.29 is 4.79 Å². The first-order valence-corrected chi connectivity index (χ1v) is 8.70. The van der Waals surface area contributed by atoms with Gasteiger partial charge in [0.2, 0.25) is 5.91 Å². The number of anilines is 2. The van der Waals surface area contributed by atoms with Gasteiger partial charge in [-0.15, -0.1) is 0 Å². The van der Waals surface area contributed by atoms with Crippen molar-refractivity contribution in [3.05, 3.63) is 58.6 Å². The molecule has 3 N–H and O–H groups in total. The lowest BCUT2D eigenvalue weighted by molar-refractivity contribution is -0.120. The largest absolute Gasteiger partial charge is 0.372 e. The van der Waals surface area contributed by atoms with Gasteiger partial charge in [-0.2, -0.15) is 0 Å². The number of carbonyl (C=O) groups excluding carboxylic acids is 1. The lowest BCUT2D eigenvalue weighted by Crippen LogP contribution is -2.45. The maximum absolute atomic E-state index is 12.7. The molecular formula is C19H24BrN3O. The molecule has 1 atom stereocenters. The van der Waals surface area contributed by atoms with Crippen LogP contribution < -0.4 is 16.0 Å². The predicted molar refractivity (Wildman–Crippen MR) is 104 cm³/mol. The minimum Gasteiger partial charge on any atom is -0.372 e. The maximum atomic E-state index is 12.7. The monoisotopic (exact) mass is 389 g/mol. The van der Waals surface area contributed by atoms with Crippen molar-refractivity contribution in [3.63, 3.8) is 0 Å². The Balaban J connectivity index is 2.19. The number of hydrogen-bond acceptors (Lipinski definition) is 3. The van der Waals surface area contributed by atoms with Gasteiger partial charge in [0.1, 0.15) is 5.54 Å². The summed E-state index contributed by atoms with van der Waals surface area (Å²) < 4.78 is 0.951. The number of carbonyl (C=O) groups is 1. The Morgan fingerprint density at radius 3 is 2.42 bits per heavy atom. The molecule has 0 aliphatic rings. The van der Waals surface area contributed by atoms with Crippen LogP contribution >= 0.6 is 15.9 Å². The Kier molecular flexibility index (Phi) is 5.67. The van der Waals surface area contributed by atoms with Gasteiger partial charge in [0, 0.05) is 28.9 Å². The van der Waals surface area contributed by atoms with Gasteiger partial charge in [-0.1, -0.05) is 34.1 Å². The number of benzene rings is 2. The Bertz CT molecular complexity index is 711. The fourth-order valence-corrected chi connectivity index (χ4v) is 2.55. The first-order chi connectivity index (χ1) is 11.2. The van der Waals surface area contributed by atoms with E-state index in [9.17, 15) is 4.79 Å². The van der Waals surface area contributed by atoms with E-state index in [1.807, 2.05) is 55.6 Å². The van der Waals surface area contributed by atoms with Gasteiger partial charge in [0.05, 0.1) is 0 Å². The van der Waals surface area contributed by atoms with Gasteiger partial charge in [-0.05, 0) is 56.7 Å².